The molecule has 0 aliphatic rings. The Morgan fingerprint density at radius 3 is 1.84 bits per heavy atom. The first-order valence-electron chi connectivity index (χ1n) is 9.64. The van der Waals surface area contributed by atoms with Gasteiger partial charge in [-0.3, -0.25) is 24.0 Å². The fourth-order valence-electron chi connectivity index (χ4n) is 2.46. The van der Waals surface area contributed by atoms with Gasteiger partial charge < -0.3 is 37.6 Å². The van der Waals surface area contributed by atoms with E-state index in [1.807, 2.05) is 0 Å². The molecule has 9 N–H and O–H groups in total. The minimum Gasteiger partial charge on any atom is -0.481 e. The molecule has 0 saturated carbocycles. The highest BCUT2D eigenvalue weighted by atomic mass is 16.4. The van der Waals surface area contributed by atoms with Crippen molar-refractivity contribution in [1.82, 2.24) is 16.0 Å². The molecule has 4 atom stereocenters. The summed E-state index contributed by atoms with van der Waals surface area (Å²) in [6.07, 6.45) is -0.863. The van der Waals surface area contributed by atoms with Crippen LogP contribution in [0, 0.1) is 5.92 Å². The van der Waals surface area contributed by atoms with Crippen molar-refractivity contribution in [3.8, 4) is 0 Å². The predicted molar refractivity (Wildman–Crippen MR) is 107 cm³/mol. The molecule has 0 aliphatic heterocycles. The Morgan fingerprint density at radius 2 is 1.39 bits per heavy atom. The Kier molecular flexibility index (Phi) is 11.8. The van der Waals surface area contributed by atoms with Crippen LogP contribution in [0.4, 0.5) is 0 Å². The average molecular weight is 445 g/mol. The largest absolute Gasteiger partial charge is 0.481 e. The normalized spacial score (nSPS) is 14.6. The summed E-state index contributed by atoms with van der Waals surface area (Å²) in [5.41, 5.74) is 10.6. The third-order valence-electron chi connectivity index (χ3n) is 4.12. The van der Waals surface area contributed by atoms with E-state index in [2.05, 4.69) is 16.0 Å². The molecule has 4 amide bonds. The molecule has 0 aromatic carbocycles. The van der Waals surface area contributed by atoms with Gasteiger partial charge in [0.15, 0.2) is 0 Å². The standard InChI is InChI=1S/C18H31N5O8/c1-8(2)6-12(18(30)31)23-17(29)11(7-14(25)26)22-15(27)9(3)21-16(28)10(19)4-5-13(20)24/h8-12H,4-7,19H2,1-3H3,(H2,20,24)(H,21,28)(H,22,27)(H,23,29)(H,25,26)(H,30,31). The summed E-state index contributed by atoms with van der Waals surface area (Å²) >= 11 is 0. The number of aliphatic carboxylic acids is 2. The second-order valence-corrected chi connectivity index (χ2v) is 7.53. The molecule has 0 spiro atoms. The molecule has 0 rings (SSSR count). The number of rotatable bonds is 14. The molecule has 31 heavy (non-hydrogen) atoms. The SMILES string of the molecule is CC(C)CC(NC(=O)C(CC(=O)O)NC(=O)C(C)NC(=O)C(N)CCC(N)=O)C(=O)O. The maximum atomic E-state index is 12.4. The molecule has 0 saturated heterocycles. The van der Waals surface area contributed by atoms with Gasteiger partial charge in [-0.2, -0.15) is 0 Å². The van der Waals surface area contributed by atoms with Crippen LogP contribution in [0.2, 0.25) is 0 Å². The number of hydrogen-bond acceptors (Lipinski definition) is 7. The van der Waals surface area contributed by atoms with Gasteiger partial charge in [-0.25, -0.2) is 4.79 Å². The van der Waals surface area contributed by atoms with E-state index >= 15 is 0 Å². The summed E-state index contributed by atoms with van der Waals surface area (Å²) in [5.74, 6) is -6.02. The van der Waals surface area contributed by atoms with Crippen molar-refractivity contribution in [3.63, 3.8) is 0 Å². The van der Waals surface area contributed by atoms with Crippen LogP contribution in [0.5, 0.6) is 0 Å². The number of nitrogens with one attached hydrogen (secondary N) is 3. The van der Waals surface area contributed by atoms with Crippen molar-refractivity contribution in [3.05, 3.63) is 0 Å². The Balaban J connectivity index is 5.08. The first-order chi connectivity index (χ1) is 14.2. The van der Waals surface area contributed by atoms with Crippen molar-refractivity contribution in [2.24, 2.45) is 17.4 Å². The molecule has 13 nitrogen and oxygen atoms in total. The summed E-state index contributed by atoms with van der Waals surface area (Å²) in [5, 5.41) is 24.9. The van der Waals surface area contributed by atoms with Crippen molar-refractivity contribution in [2.75, 3.05) is 0 Å². The quantitative estimate of drug-likeness (QED) is 0.151. The molecule has 176 valence electrons. The predicted octanol–water partition coefficient (Wildman–Crippen LogP) is -2.34. The highest BCUT2D eigenvalue weighted by Gasteiger charge is 2.30. The smallest absolute Gasteiger partial charge is 0.326 e. The van der Waals surface area contributed by atoms with E-state index in [0.717, 1.165) is 0 Å². The van der Waals surface area contributed by atoms with E-state index in [-0.39, 0.29) is 25.2 Å². The van der Waals surface area contributed by atoms with Crippen molar-refractivity contribution < 1.29 is 39.0 Å². The van der Waals surface area contributed by atoms with Crippen LogP contribution in [0.3, 0.4) is 0 Å². The third-order valence-corrected chi connectivity index (χ3v) is 4.12. The highest BCUT2D eigenvalue weighted by molar-refractivity contribution is 5.95. The van der Waals surface area contributed by atoms with Gasteiger partial charge in [0.2, 0.25) is 23.6 Å². The number of carboxylic acid groups (broad SMARTS) is 2. The molecule has 0 aromatic heterocycles. The van der Waals surface area contributed by atoms with Crippen molar-refractivity contribution in [1.29, 1.82) is 0 Å². The summed E-state index contributed by atoms with van der Waals surface area (Å²) in [4.78, 5) is 69.9. The zero-order valence-corrected chi connectivity index (χ0v) is 17.7. The van der Waals surface area contributed by atoms with Gasteiger partial charge in [0.25, 0.3) is 0 Å². The third kappa shape index (κ3) is 11.5. The maximum absolute atomic E-state index is 12.4. The minimum absolute atomic E-state index is 0.0357. The molecule has 0 aliphatic carbocycles. The summed E-state index contributed by atoms with van der Waals surface area (Å²) in [7, 11) is 0. The van der Waals surface area contributed by atoms with Crippen LogP contribution >= 0.6 is 0 Å². The number of carbonyl (C=O) groups is 6. The number of primary amides is 1. The fraction of sp³-hybridized carbons (Fsp3) is 0.667. The van der Waals surface area contributed by atoms with Crippen LogP contribution in [-0.2, 0) is 28.8 Å². The Labute approximate surface area is 179 Å². The van der Waals surface area contributed by atoms with Gasteiger partial charge in [0.1, 0.15) is 18.1 Å². The maximum Gasteiger partial charge on any atom is 0.326 e. The van der Waals surface area contributed by atoms with E-state index in [0.29, 0.717) is 0 Å². The molecule has 0 heterocycles. The van der Waals surface area contributed by atoms with Gasteiger partial charge in [0.05, 0.1) is 12.5 Å². The first-order valence-corrected chi connectivity index (χ1v) is 9.64. The number of carbonyl (C=O) groups excluding carboxylic acids is 4. The highest BCUT2D eigenvalue weighted by Crippen LogP contribution is 2.06. The van der Waals surface area contributed by atoms with Crippen LogP contribution in [0.15, 0.2) is 0 Å². The molecule has 0 aromatic rings. The lowest BCUT2D eigenvalue weighted by molar-refractivity contribution is -0.144. The molecular formula is C18H31N5O8. The molecule has 13 heteroatoms. The summed E-state index contributed by atoms with van der Waals surface area (Å²) in [6, 6.07) is -5.13. The molecule has 0 radical (unpaired) electrons. The second-order valence-electron chi connectivity index (χ2n) is 7.53. The minimum atomic E-state index is -1.57. The van der Waals surface area contributed by atoms with Crippen LogP contribution in [-0.4, -0.2) is 69.9 Å². The Hall–Kier alpha value is -3.22. The monoisotopic (exact) mass is 445 g/mol. The van der Waals surface area contributed by atoms with Gasteiger partial charge in [-0.1, -0.05) is 13.8 Å². The van der Waals surface area contributed by atoms with E-state index in [9.17, 15) is 33.9 Å². The van der Waals surface area contributed by atoms with Crippen LogP contribution in [0.1, 0.15) is 46.5 Å². The number of amides is 4. The van der Waals surface area contributed by atoms with Gasteiger partial charge in [-0.15, -0.1) is 0 Å². The lowest BCUT2D eigenvalue weighted by atomic mass is 10.0. The summed E-state index contributed by atoms with van der Waals surface area (Å²) in [6.45, 7) is 4.77. The topological polar surface area (TPSA) is 231 Å². The first kappa shape index (κ1) is 27.8. The van der Waals surface area contributed by atoms with Crippen molar-refractivity contribution in [2.45, 2.75) is 70.6 Å². The van der Waals surface area contributed by atoms with E-state index < -0.39 is 66.2 Å². The van der Waals surface area contributed by atoms with Gasteiger partial charge >= 0.3 is 11.9 Å². The zero-order chi connectivity index (χ0) is 24.3. The molecule has 0 fully saturated rings. The van der Waals surface area contributed by atoms with Crippen LogP contribution in [0.25, 0.3) is 0 Å². The Bertz CT molecular complexity index is 696. The van der Waals surface area contributed by atoms with Crippen molar-refractivity contribution >= 4 is 35.6 Å². The zero-order valence-electron chi connectivity index (χ0n) is 17.7. The Morgan fingerprint density at radius 1 is 0.839 bits per heavy atom. The van der Waals surface area contributed by atoms with E-state index in [1.165, 1.54) is 6.92 Å². The van der Waals surface area contributed by atoms with Gasteiger partial charge in [-0.05, 0) is 25.7 Å². The lowest BCUT2D eigenvalue weighted by Gasteiger charge is -2.23. The lowest BCUT2D eigenvalue weighted by Crippen LogP contribution is -2.56. The molecule has 0 bridgehead atoms. The number of carboxylic acids is 2. The van der Waals surface area contributed by atoms with Crippen LogP contribution < -0.4 is 27.4 Å². The fourth-order valence-corrected chi connectivity index (χ4v) is 2.46. The second kappa shape index (κ2) is 13.2. The summed E-state index contributed by atoms with van der Waals surface area (Å²) < 4.78 is 0. The molecular weight excluding hydrogens is 414 g/mol. The molecule has 4 unspecified atom stereocenters. The van der Waals surface area contributed by atoms with E-state index in [4.69, 9.17) is 16.6 Å². The number of hydrogen-bond donors (Lipinski definition) is 7. The van der Waals surface area contributed by atoms with Gasteiger partial charge in [0, 0.05) is 6.42 Å². The average Bonchev–Trinajstić information content (AvgIpc) is 2.63. The van der Waals surface area contributed by atoms with E-state index in [1.54, 1.807) is 13.8 Å². The number of nitrogens with two attached hydrogens (primary N) is 2.